The first-order valence-electron chi connectivity index (χ1n) is 5.25. The van der Waals surface area contributed by atoms with Gasteiger partial charge in [-0.3, -0.25) is 0 Å². The first kappa shape index (κ1) is 12.6. The van der Waals surface area contributed by atoms with Gasteiger partial charge in [0.15, 0.2) is 0 Å². The van der Waals surface area contributed by atoms with Crippen molar-refractivity contribution in [1.29, 1.82) is 0 Å². The number of rotatable bonds is 3. The van der Waals surface area contributed by atoms with E-state index in [-0.39, 0.29) is 12.2 Å². The Morgan fingerprint density at radius 1 is 1.41 bits per heavy atom. The van der Waals surface area contributed by atoms with E-state index < -0.39 is 6.10 Å². The molecule has 0 fully saturated rings. The summed E-state index contributed by atoms with van der Waals surface area (Å²) in [5.74, 6) is -0.286. The molecule has 1 aromatic heterocycles. The van der Waals surface area contributed by atoms with Gasteiger partial charge in [0.2, 0.25) is 0 Å². The molecular weight excluding hydrogens is 259 g/mol. The zero-order valence-corrected chi connectivity index (χ0v) is 10.9. The monoisotopic (exact) mass is 270 g/mol. The number of benzene rings is 1. The number of thiophene rings is 1. The Kier molecular flexibility index (Phi) is 3.82. The molecule has 4 heteroatoms. The molecule has 0 radical (unpaired) electrons. The number of aliphatic hydroxyl groups is 1. The van der Waals surface area contributed by atoms with Crippen LogP contribution >= 0.6 is 22.9 Å². The third-order valence-electron chi connectivity index (χ3n) is 2.58. The maximum Gasteiger partial charge on any atom is 0.126 e. The predicted octanol–water partition coefficient (Wildman–Crippen LogP) is 4.13. The first-order valence-corrected chi connectivity index (χ1v) is 6.44. The van der Waals surface area contributed by atoms with E-state index in [9.17, 15) is 9.50 Å². The summed E-state index contributed by atoms with van der Waals surface area (Å²) < 4.78 is 14.1. The number of aryl methyl sites for hydroxylation is 1. The van der Waals surface area contributed by atoms with Gasteiger partial charge in [-0.25, -0.2) is 4.39 Å². The lowest BCUT2D eigenvalue weighted by atomic mass is 10.1. The van der Waals surface area contributed by atoms with Gasteiger partial charge in [-0.1, -0.05) is 29.8 Å². The summed E-state index contributed by atoms with van der Waals surface area (Å²) in [4.78, 5) is 0.774. The van der Waals surface area contributed by atoms with Crippen molar-refractivity contribution in [2.75, 3.05) is 0 Å². The second kappa shape index (κ2) is 5.17. The van der Waals surface area contributed by atoms with Crippen LogP contribution in [0.4, 0.5) is 4.39 Å². The minimum Gasteiger partial charge on any atom is -0.387 e. The van der Waals surface area contributed by atoms with Crippen LogP contribution in [0.5, 0.6) is 0 Å². The molecule has 1 heterocycles. The molecule has 0 spiro atoms. The summed E-state index contributed by atoms with van der Waals surface area (Å²) in [5, 5.41) is 10.0. The Morgan fingerprint density at radius 2 is 2.12 bits per heavy atom. The highest BCUT2D eigenvalue weighted by Gasteiger charge is 2.14. The summed E-state index contributed by atoms with van der Waals surface area (Å²) in [5.41, 5.74) is 1.46. The van der Waals surface area contributed by atoms with Crippen molar-refractivity contribution in [2.45, 2.75) is 19.4 Å². The fourth-order valence-electron chi connectivity index (χ4n) is 1.62. The summed E-state index contributed by atoms with van der Waals surface area (Å²) in [6.07, 6.45) is -0.439. The van der Waals surface area contributed by atoms with E-state index in [4.69, 9.17) is 11.6 Å². The molecule has 0 aliphatic carbocycles. The van der Waals surface area contributed by atoms with E-state index in [2.05, 4.69) is 0 Å². The van der Waals surface area contributed by atoms with Crippen molar-refractivity contribution in [2.24, 2.45) is 0 Å². The van der Waals surface area contributed by atoms with E-state index in [1.54, 1.807) is 18.2 Å². The normalized spacial score (nSPS) is 12.7. The second-order valence-electron chi connectivity index (χ2n) is 3.92. The fraction of sp³-hybridized carbons (Fsp3) is 0.231. The lowest BCUT2D eigenvalue weighted by molar-refractivity contribution is 0.181. The van der Waals surface area contributed by atoms with Gasteiger partial charge < -0.3 is 5.11 Å². The van der Waals surface area contributed by atoms with Crippen LogP contribution < -0.4 is 0 Å². The average Bonchev–Trinajstić information content (AvgIpc) is 2.63. The van der Waals surface area contributed by atoms with Crippen molar-refractivity contribution in [3.05, 3.63) is 56.5 Å². The van der Waals surface area contributed by atoms with Crippen molar-refractivity contribution in [3.8, 4) is 0 Å². The second-order valence-corrected chi connectivity index (χ2v) is 5.60. The molecule has 2 rings (SSSR count). The summed E-state index contributed by atoms with van der Waals surface area (Å²) >= 11 is 7.28. The van der Waals surface area contributed by atoms with Crippen molar-refractivity contribution in [1.82, 2.24) is 0 Å². The fourth-order valence-corrected chi connectivity index (χ4v) is 2.82. The molecule has 90 valence electrons. The Labute approximate surface area is 108 Å². The maximum atomic E-state index is 13.4. The van der Waals surface area contributed by atoms with E-state index in [0.29, 0.717) is 9.90 Å². The number of hydrogen-bond donors (Lipinski definition) is 1. The van der Waals surface area contributed by atoms with Crippen LogP contribution in [0.25, 0.3) is 0 Å². The van der Waals surface area contributed by atoms with Crippen LogP contribution in [-0.2, 0) is 6.42 Å². The summed E-state index contributed by atoms with van der Waals surface area (Å²) in [6, 6.07) is 8.32. The first-order chi connectivity index (χ1) is 8.08. The molecule has 1 aromatic carbocycles. The highest BCUT2D eigenvalue weighted by Crippen LogP contribution is 2.32. The van der Waals surface area contributed by atoms with Crippen LogP contribution in [-0.4, -0.2) is 5.11 Å². The van der Waals surface area contributed by atoms with E-state index in [1.807, 2.05) is 13.0 Å². The average molecular weight is 271 g/mol. The lowest BCUT2D eigenvalue weighted by Gasteiger charge is -2.08. The minimum absolute atomic E-state index is 0.267. The molecule has 17 heavy (non-hydrogen) atoms. The third kappa shape index (κ3) is 2.86. The van der Waals surface area contributed by atoms with Crippen molar-refractivity contribution in [3.63, 3.8) is 0 Å². The molecule has 2 aromatic rings. The third-order valence-corrected chi connectivity index (χ3v) is 4.23. The van der Waals surface area contributed by atoms with Gasteiger partial charge in [0.05, 0.1) is 10.4 Å². The predicted molar refractivity (Wildman–Crippen MR) is 69.1 cm³/mol. The molecule has 0 aliphatic rings. The molecule has 1 N–H and O–H groups in total. The molecule has 0 amide bonds. The topological polar surface area (TPSA) is 20.2 Å². The highest BCUT2D eigenvalue weighted by atomic mass is 35.5. The summed E-state index contributed by atoms with van der Waals surface area (Å²) in [6.45, 7) is 1.89. The van der Waals surface area contributed by atoms with Gasteiger partial charge in [0.1, 0.15) is 5.82 Å². The van der Waals surface area contributed by atoms with Gasteiger partial charge in [0, 0.05) is 11.3 Å². The number of halogens is 2. The molecule has 0 aliphatic heterocycles. The maximum absolute atomic E-state index is 13.4. The molecule has 0 saturated carbocycles. The van der Waals surface area contributed by atoms with Crippen LogP contribution in [0, 0.1) is 12.7 Å². The Balaban J connectivity index is 2.17. The largest absolute Gasteiger partial charge is 0.387 e. The molecule has 1 nitrogen and oxygen atoms in total. The van der Waals surface area contributed by atoms with Gasteiger partial charge in [-0.15, -0.1) is 11.3 Å². The van der Waals surface area contributed by atoms with E-state index in [1.165, 1.54) is 17.4 Å². The Hall–Kier alpha value is -0.900. The Bertz CT molecular complexity index is 504. The Morgan fingerprint density at radius 3 is 2.71 bits per heavy atom. The van der Waals surface area contributed by atoms with Crippen LogP contribution in [0.15, 0.2) is 30.3 Å². The smallest absolute Gasteiger partial charge is 0.126 e. The molecule has 0 saturated heterocycles. The van der Waals surface area contributed by atoms with Crippen LogP contribution in [0.1, 0.15) is 22.1 Å². The summed E-state index contributed by atoms with van der Waals surface area (Å²) in [7, 11) is 0. The van der Waals surface area contributed by atoms with Gasteiger partial charge >= 0.3 is 0 Å². The quantitative estimate of drug-likeness (QED) is 0.889. The molecule has 1 unspecified atom stereocenters. The molecular formula is C13H12ClFOS. The van der Waals surface area contributed by atoms with Gasteiger partial charge in [-0.2, -0.15) is 0 Å². The molecule has 0 bridgehead atoms. The number of aliphatic hydroxyl groups excluding tert-OH is 1. The van der Waals surface area contributed by atoms with Crippen molar-refractivity contribution < 1.29 is 9.50 Å². The van der Waals surface area contributed by atoms with Crippen molar-refractivity contribution >= 4 is 22.9 Å². The van der Waals surface area contributed by atoms with Gasteiger partial charge in [0.25, 0.3) is 0 Å². The van der Waals surface area contributed by atoms with Gasteiger partial charge in [-0.05, 0) is 30.2 Å². The zero-order chi connectivity index (χ0) is 12.4. The molecule has 1 atom stereocenters. The lowest BCUT2D eigenvalue weighted by Crippen LogP contribution is -2.01. The minimum atomic E-state index is -0.705. The standard InChI is InChI=1S/C13H12ClFOS/c1-8-6-12(17-13(8)14)11(16)7-9-4-2-3-5-10(9)15/h2-6,11,16H,7H2,1H3. The number of hydrogen-bond acceptors (Lipinski definition) is 2. The van der Waals surface area contributed by atoms with E-state index in [0.717, 1.165) is 10.4 Å². The van der Waals surface area contributed by atoms with E-state index >= 15 is 0 Å². The van der Waals surface area contributed by atoms with Crippen LogP contribution in [0.3, 0.4) is 0 Å². The van der Waals surface area contributed by atoms with Crippen LogP contribution in [0.2, 0.25) is 4.34 Å². The highest BCUT2D eigenvalue weighted by molar-refractivity contribution is 7.16. The SMILES string of the molecule is Cc1cc(C(O)Cc2ccccc2F)sc1Cl. The zero-order valence-electron chi connectivity index (χ0n) is 9.28.